The minimum atomic E-state index is -0.0967. The van der Waals surface area contributed by atoms with Crippen molar-refractivity contribution in [3.63, 3.8) is 0 Å². The number of rotatable bonds is 4. The zero-order valence-corrected chi connectivity index (χ0v) is 15.8. The van der Waals surface area contributed by atoms with Crippen LogP contribution in [0.25, 0.3) is 0 Å². The first-order valence-electron chi connectivity index (χ1n) is 9.89. The van der Waals surface area contributed by atoms with Gasteiger partial charge in [-0.15, -0.1) is 0 Å². The molecule has 0 N–H and O–H groups in total. The van der Waals surface area contributed by atoms with Gasteiger partial charge >= 0.3 is 0 Å². The molecule has 0 amide bonds. The summed E-state index contributed by atoms with van der Waals surface area (Å²) in [4.78, 5) is 18.0. The lowest BCUT2D eigenvalue weighted by Gasteiger charge is -2.40. The molecule has 26 heavy (non-hydrogen) atoms. The van der Waals surface area contributed by atoms with E-state index in [1.165, 1.54) is 22.5 Å². The van der Waals surface area contributed by atoms with Crippen molar-refractivity contribution in [2.45, 2.75) is 51.6 Å². The quantitative estimate of drug-likeness (QED) is 0.826. The van der Waals surface area contributed by atoms with Crippen molar-refractivity contribution in [1.29, 1.82) is 0 Å². The maximum Gasteiger partial charge on any atom is 0.176 e. The van der Waals surface area contributed by atoms with Crippen LogP contribution in [0.4, 0.5) is 11.4 Å². The molecule has 4 rings (SSSR count). The van der Waals surface area contributed by atoms with Crippen LogP contribution in [0, 0.1) is 0 Å². The number of Topliss-reactive ketones (excluding diaryl/α,β-unsaturated/α-hetero) is 1. The summed E-state index contributed by atoms with van der Waals surface area (Å²) in [5.74, 6) is 0.318. The highest BCUT2D eigenvalue weighted by Gasteiger charge is 2.32. The predicted octanol–water partition coefficient (Wildman–Crippen LogP) is 4.24. The molecule has 0 saturated heterocycles. The molecule has 2 unspecified atom stereocenters. The summed E-state index contributed by atoms with van der Waals surface area (Å²) in [6.07, 6.45) is 4.47. The first-order chi connectivity index (χ1) is 12.7. The van der Waals surface area contributed by atoms with Crippen LogP contribution in [0.2, 0.25) is 0 Å². The zero-order chi connectivity index (χ0) is 18.1. The van der Waals surface area contributed by atoms with Crippen molar-refractivity contribution in [3.05, 3.63) is 59.7 Å². The molecule has 0 bridgehead atoms. The number of nitrogens with zero attached hydrogens (tertiary/aromatic N) is 2. The molecule has 2 atom stereocenters. The van der Waals surface area contributed by atoms with Crippen LogP contribution in [0.5, 0.6) is 0 Å². The Bertz CT molecular complexity index is 735. The normalized spacial score (nSPS) is 18.7. The van der Waals surface area contributed by atoms with E-state index in [9.17, 15) is 4.79 Å². The topological polar surface area (TPSA) is 23.6 Å². The van der Waals surface area contributed by atoms with Crippen LogP contribution in [-0.4, -0.2) is 31.0 Å². The lowest BCUT2D eigenvalue weighted by molar-refractivity contribution is -0.121. The van der Waals surface area contributed by atoms with E-state index in [1.807, 2.05) is 0 Å². The fraction of sp³-hybridized carbons (Fsp3) is 0.435. The molecule has 2 heterocycles. The summed E-state index contributed by atoms with van der Waals surface area (Å²) in [6.45, 7) is 6.09. The molecule has 136 valence electrons. The van der Waals surface area contributed by atoms with Crippen molar-refractivity contribution < 1.29 is 4.79 Å². The number of para-hydroxylation sites is 2. The Hall–Kier alpha value is -2.29. The molecule has 0 spiro atoms. The summed E-state index contributed by atoms with van der Waals surface area (Å²) in [7, 11) is 0. The Kier molecular flexibility index (Phi) is 4.71. The first-order valence-corrected chi connectivity index (χ1v) is 9.89. The second kappa shape index (κ2) is 7.14. The van der Waals surface area contributed by atoms with Gasteiger partial charge in [0, 0.05) is 24.5 Å². The lowest BCUT2D eigenvalue weighted by Crippen LogP contribution is -2.51. The second-order valence-electron chi connectivity index (χ2n) is 7.61. The summed E-state index contributed by atoms with van der Waals surface area (Å²) in [5.41, 5.74) is 5.22. The van der Waals surface area contributed by atoms with E-state index < -0.39 is 0 Å². The van der Waals surface area contributed by atoms with Crippen LogP contribution >= 0.6 is 0 Å². The fourth-order valence-electron chi connectivity index (χ4n) is 4.59. The molecule has 2 aliphatic rings. The van der Waals surface area contributed by atoms with Crippen molar-refractivity contribution in [2.75, 3.05) is 22.9 Å². The van der Waals surface area contributed by atoms with E-state index in [-0.39, 0.29) is 12.1 Å². The Balaban J connectivity index is 1.57. The number of hydrogen-bond acceptors (Lipinski definition) is 3. The van der Waals surface area contributed by atoms with E-state index >= 15 is 0 Å². The van der Waals surface area contributed by atoms with Crippen molar-refractivity contribution in [1.82, 2.24) is 0 Å². The highest BCUT2D eigenvalue weighted by molar-refractivity contribution is 5.94. The maximum atomic E-state index is 13.4. The van der Waals surface area contributed by atoms with Gasteiger partial charge in [0.1, 0.15) is 0 Å². The minimum absolute atomic E-state index is 0.0967. The third-order valence-electron chi connectivity index (χ3n) is 6.05. The molecule has 2 aliphatic heterocycles. The summed E-state index contributed by atoms with van der Waals surface area (Å²) >= 11 is 0. The number of hydrogen-bond donors (Lipinski definition) is 0. The van der Waals surface area contributed by atoms with E-state index in [4.69, 9.17) is 0 Å². The second-order valence-corrected chi connectivity index (χ2v) is 7.61. The molecule has 0 saturated carbocycles. The van der Waals surface area contributed by atoms with E-state index in [0.29, 0.717) is 5.78 Å². The molecule has 0 radical (unpaired) electrons. The molecule has 2 aromatic rings. The number of fused-ring (bicyclic) bond motifs is 2. The third kappa shape index (κ3) is 3.00. The molecule has 3 nitrogen and oxygen atoms in total. The van der Waals surface area contributed by atoms with Gasteiger partial charge in [-0.25, -0.2) is 0 Å². The van der Waals surface area contributed by atoms with Crippen LogP contribution in [0.15, 0.2) is 48.5 Å². The summed E-state index contributed by atoms with van der Waals surface area (Å²) in [5, 5.41) is 0. The molecule has 0 fully saturated rings. The molecular weight excluding hydrogens is 320 g/mol. The van der Waals surface area contributed by atoms with Crippen LogP contribution in [0.1, 0.15) is 37.8 Å². The van der Waals surface area contributed by atoms with Crippen LogP contribution in [0.3, 0.4) is 0 Å². The smallest absolute Gasteiger partial charge is 0.176 e. The molecule has 0 aliphatic carbocycles. The van der Waals surface area contributed by atoms with E-state index in [0.717, 1.165) is 38.8 Å². The van der Waals surface area contributed by atoms with Gasteiger partial charge in [0.25, 0.3) is 0 Å². The van der Waals surface area contributed by atoms with Crippen LogP contribution in [-0.2, 0) is 17.6 Å². The number of carbonyl (C=O) groups excluding carboxylic acids is 1. The number of anilines is 2. The average Bonchev–Trinajstić information content (AvgIpc) is 2.71. The average molecular weight is 348 g/mol. The molecular formula is C23H28N2O. The predicted molar refractivity (Wildman–Crippen MR) is 108 cm³/mol. The van der Waals surface area contributed by atoms with Gasteiger partial charge in [0.2, 0.25) is 0 Å². The molecule has 2 aromatic carbocycles. The van der Waals surface area contributed by atoms with Gasteiger partial charge in [-0.1, -0.05) is 36.4 Å². The van der Waals surface area contributed by atoms with Gasteiger partial charge < -0.3 is 9.80 Å². The third-order valence-corrected chi connectivity index (χ3v) is 6.05. The first kappa shape index (κ1) is 17.1. The number of ketones is 1. The van der Waals surface area contributed by atoms with Gasteiger partial charge in [0.15, 0.2) is 5.78 Å². The SMILES string of the molecule is CC(C(=O)C(C)N1CCCc2ccccc21)N1CCCc2ccccc21. The van der Waals surface area contributed by atoms with Crippen LogP contribution < -0.4 is 9.80 Å². The molecule has 3 heteroatoms. The Morgan fingerprint density at radius 3 is 1.65 bits per heavy atom. The largest absolute Gasteiger partial charge is 0.361 e. The minimum Gasteiger partial charge on any atom is -0.361 e. The number of aryl methyl sites for hydroxylation is 2. The van der Waals surface area contributed by atoms with Crippen molar-refractivity contribution in [2.24, 2.45) is 0 Å². The summed E-state index contributed by atoms with van der Waals surface area (Å²) in [6, 6.07) is 16.9. The maximum absolute atomic E-state index is 13.4. The van der Waals surface area contributed by atoms with Gasteiger partial charge in [0.05, 0.1) is 12.1 Å². The summed E-state index contributed by atoms with van der Waals surface area (Å²) < 4.78 is 0. The van der Waals surface area contributed by atoms with Crippen molar-refractivity contribution >= 4 is 17.2 Å². The number of benzene rings is 2. The monoisotopic (exact) mass is 348 g/mol. The standard InChI is InChI=1S/C23H28N2O/c1-17(24-15-7-11-19-9-3-5-13-21(19)24)23(26)18(2)25-16-8-12-20-10-4-6-14-22(20)25/h3-6,9-10,13-14,17-18H,7-8,11-12,15-16H2,1-2H3. The fourth-order valence-corrected chi connectivity index (χ4v) is 4.59. The Labute approximate surface area is 156 Å². The lowest BCUT2D eigenvalue weighted by atomic mass is 9.95. The van der Waals surface area contributed by atoms with Gasteiger partial charge in [-0.2, -0.15) is 0 Å². The van der Waals surface area contributed by atoms with E-state index in [1.54, 1.807) is 0 Å². The van der Waals surface area contributed by atoms with Gasteiger partial charge in [-0.3, -0.25) is 4.79 Å². The van der Waals surface area contributed by atoms with Crippen molar-refractivity contribution in [3.8, 4) is 0 Å². The number of carbonyl (C=O) groups is 1. The van der Waals surface area contributed by atoms with Gasteiger partial charge in [-0.05, 0) is 62.8 Å². The Morgan fingerprint density at radius 2 is 1.19 bits per heavy atom. The highest BCUT2D eigenvalue weighted by Crippen LogP contribution is 2.31. The highest BCUT2D eigenvalue weighted by atomic mass is 16.1. The van der Waals surface area contributed by atoms with E-state index in [2.05, 4.69) is 72.2 Å². The Morgan fingerprint density at radius 1 is 0.769 bits per heavy atom. The molecule has 0 aromatic heterocycles. The zero-order valence-electron chi connectivity index (χ0n) is 15.8.